The van der Waals surface area contributed by atoms with Gasteiger partial charge in [0, 0.05) is 13.5 Å². The summed E-state index contributed by atoms with van der Waals surface area (Å²) < 4.78 is 9.87. The fraction of sp³-hybridized carbons (Fsp3) is 0.769. The van der Waals surface area contributed by atoms with E-state index in [4.69, 9.17) is 9.47 Å². The predicted molar refractivity (Wildman–Crippen MR) is 65.4 cm³/mol. The standard InChI is InChI=1S/C13H24O3/c1-3-11-16-13(14)10-8-6-4-5-7-9-12-15-2/h7,9H,3-6,8,10-12H2,1-2H3. The van der Waals surface area contributed by atoms with Gasteiger partial charge in [-0.3, -0.25) is 4.79 Å². The number of esters is 1. The molecular formula is C13H24O3. The first kappa shape index (κ1) is 15.2. The Hall–Kier alpha value is -0.830. The Labute approximate surface area is 98.8 Å². The summed E-state index contributed by atoms with van der Waals surface area (Å²) in [6, 6.07) is 0. The van der Waals surface area contributed by atoms with Crippen molar-refractivity contribution in [3.8, 4) is 0 Å². The molecule has 3 nitrogen and oxygen atoms in total. The Balaban J connectivity index is 3.17. The second-order valence-corrected chi connectivity index (χ2v) is 3.75. The van der Waals surface area contributed by atoms with E-state index in [2.05, 4.69) is 6.08 Å². The Bertz CT molecular complexity index is 188. The second-order valence-electron chi connectivity index (χ2n) is 3.75. The molecule has 0 fully saturated rings. The summed E-state index contributed by atoms with van der Waals surface area (Å²) in [4.78, 5) is 11.1. The average Bonchev–Trinajstić information content (AvgIpc) is 2.30. The van der Waals surface area contributed by atoms with E-state index in [9.17, 15) is 4.79 Å². The molecule has 16 heavy (non-hydrogen) atoms. The lowest BCUT2D eigenvalue weighted by Gasteiger charge is -2.02. The minimum Gasteiger partial charge on any atom is -0.466 e. The van der Waals surface area contributed by atoms with Gasteiger partial charge in [0.15, 0.2) is 0 Å². The van der Waals surface area contributed by atoms with Gasteiger partial charge in [-0.25, -0.2) is 0 Å². The minimum absolute atomic E-state index is 0.0585. The molecule has 0 heterocycles. The van der Waals surface area contributed by atoms with Crippen molar-refractivity contribution in [1.29, 1.82) is 0 Å². The first-order chi connectivity index (χ1) is 7.81. The third-order valence-electron chi connectivity index (χ3n) is 2.15. The van der Waals surface area contributed by atoms with Crippen molar-refractivity contribution in [3.63, 3.8) is 0 Å². The number of methoxy groups -OCH3 is 1. The Morgan fingerprint density at radius 2 is 2.00 bits per heavy atom. The highest BCUT2D eigenvalue weighted by Gasteiger charge is 2.00. The highest BCUT2D eigenvalue weighted by molar-refractivity contribution is 5.69. The van der Waals surface area contributed by atoms with Crippen LogP contribution >= 0.6 is 0 Å². The molecule has 0 aromatic rings. The fourth-order valence-corrected chi connectivity index (χ4v) is 1.28. The lowest BCUT2D eigenvalue weighted by molar-refractivity contribution is -0.143. The molecule has 3 heteroatoms. The maximum Gasteiger partial charge on any atom is 0.305 e. The summed E-state index contributed by atoms with van der Waals surface area (Å²) in [6.07, 6.45) is 9.81. The van der Waals surface area contributed by atoms with Crippen molar-refractivity contribution >= 4 is 5.97 Å². The van der Waals surface area contributed by atoms with Crippen LogP contribution in [0.2, 0.25) is 0 Å². The lowest BCUT2D eigenvalue weighted by Crippen LogP contribution is -2.04. The van der Waals surface area contributed by atoms with Gasteiger partial charge >= 0.3 is 5.97 Å². The number of carbonyl (C=O) groups excluding carboxylic acids is 1. The number of unbranched alkanes of at least 4 members (excludes halogenated alkanes) is 3. The maximum atomic E-state index is 11.1. The van der Waals surface area contributed by atoms with Crippen LogP contribution in [0.1, 0.15) is 45.4 Å². The lowest BCUT2D eigenvalue weighted by atomic mass is 10.1. The number of ether oxygens (including phenoxy) is 2. The molecule has 0 aromatic heterocycles. The molecule has 0 amide bonds. The van der Waals surface area contributed by atoms with Gasteiger partial charge in [-0.2, -0.15) is 0 Å². The predicted octanol–water partition coefficient (Wildman–Crippen LogP) is 3.09. The Morgan fingerprint density at radius 3 is 2.69 bits per heavy atom. The molecule has 0 radical (unpaired) electrons. The van der Waals surface area contributed by atoms with Gasteiger partial charge in [0.2, 0.25) is 0 Å². The van der Waals surface area contributed by atoms with Gasteiger partial charge in [0.05, 0.1) is 13.2 Å². The van der Waals surface area contributed by atoms with Crippen LogP contribution in [-0.2, 0) is 14.3 Å². The van der Waals surface area contributed by atoms with E-state index in [0.29, 0.717) is 19.6 Å². The summed E-state index contributed by atoms with van der Waals surface area (Å²) >= 11 is 0. The van der Waals surface area contributed by atoms with Crippen molar-refractivity contribution in [2.75, 3.05) is 20.3 Å². The number of rotatable bonds is 10. The van der Waals surface area contributed by atoms with Gasteiger partial charge < -0.3 is 9.47 Å². The number of hydrogen-bond acceptors (Lipinski definition) is 3. The molecular weight excluding hydrogens is 204 g/mol. The molecule has 0 spiro atoms. The topological polar surface area (TPSA) is 35.5 Å². The van der Waals surface area contributed by atoms with E-state index in [1.807, 2.05) is 13.0 Å². The smallest absolute Gasteiger partial charge is 0.305 e. The average molecular weight is 228 g/mol. The Kier molecular flexibility index (Phi) is 11.6. The zero-order valence-corrected chi connectivity index (χ0v) is 10.5. The highest BCUT2D eigenvalue weighted by Crippen LogP contribution is 2.04. The fourth-order valence-electron chi connectivity index (χ4n) is 1.28. The SMILES string of the molecule is CCCOC(=O)CCCCCC=CCOC. The van der Waals surface area contributed by atoms with Gasteiger partial charge in [-0.15, -0.1) is 0 Å². The molecule has 0 aliphatic heterocycles. The molecule has 0 atom stereocenters. The van der Waals surface area contributed by atoms with E-state index < -0.39 is 0 Å². The molecule has 0 aliphatic carbocycles. The van der Waals surface area contributed by atoms with Crippen LogP contribution in [0.15, 0.2) is 12.2 Å². The minimum atomic E-state index is -0.0585. The zero-order valence-electron chi connectivity index (χ0n) is 10.5. The van der Waals surface area contributed by atoms with Crippen LogP contribution in [0, 0.1) is 0 Å². The third-order valence-corrected chi connectivity index (χ3v) is 2.15. The van der Waals surface area contributed by atoms with Crippen LogP contribution in [0.4, 0.5) is 0 Å². The maximum absolute atomic E-state index is 11.1. The summed E-state index contributed by atoms with van der Waals surface area (Å²) in [6.45, 7) is 3.24. The zero-order chi connectivity index (χ0) is 12.1. The van der Waals surface area contributed by atoms with Crippen LogP contribution in [-0.4, -0.2) is 26.3 Å². The summed E-state index contributed by atoms with van der Waals surface area (Å²) in [5.74, 6) is -0.0585. The first-order valence-electron chi connectivity index (χ1n) is 6.10. The largest absolute Gasteiger partial charge is 0.466 e. The number of hydrogen-bond donors (Lipinski definition) is 0. The third kappa shape index (κ3) is 11.2. The van der Waals surface area contributed by atoms with Gasteiger partial charge in [-0.05, 0) is 25.7 Å². The second kappa shape index (κ2) is 12.2. The molecule has 0 bridgehead atoms. The summed E-state index contributed by atoms with van der Waals surface area (Å²) in [5.41, 5.74) is 0. The molecule has 0 unspecified atom stereocenters. The monoisotopic (exact) mass is 228 g/mol. The first-order valence-corrected chi connectivity index (χ1v) is 6.10. The van der Waals surface area contributed by atoms with Gasteiger partial charge in [-0.1, -0.05) is 25.5 Å². The van der Waals surface area contributed by atoms with Crippen molar-refractivity contribution in [3.05, 3.63) is 12.2 Å². The van der Waals surface area contributed by atoms with Crippen LogP contribution in [0.3, 0.4) is 0 Å². The molecule has 0 aromatic carbocycles. The number of carbonyl (C=O) groups is 1. The molecule has 94 valence electrons. The van der Waals surface area contributed by atoms with E-state index in [0.717, 1.165) is 32.1 Å². The van der Waals surface area contributed by atoms with Crippen molar-refractivity contribution in [2.45, 2.75) is 45.4 Å². The summed E-state index contributed by atoms with van der Waals surface area (Å²) in [7, 11) is 1.69. The van der Waals surface area contributed by atoms with Crippen molar-refractivity contribution < 1.29 is 14.3 Å². The van der Waals surface area contributed by atoms with Gasteiger partial charge in [0.1, 0.15) is 0 Å². The highest BCUT2D eigenvalue weighted by atomic mass is 16.5. The normalized spacial score (nSPS) is 10.9. The van der Waals surface area contributed by atoms with Gasteiger partial charge in [0.25, 0.3) is 0 Å². The molecule has 0 saturated carbocycles. The molecule has 0 rings (SSSR count). The van der Waals surface area contributed by atoms with Crippen LogP contribution in [0.25, 0.3) is 0 Å². The molecule has 0 aliphatic rings. The van der Waals surface area contributed by atoms with Crippen LogP contribution in [0.5, 0.6) is 0 Å². The van der Waals surface area contributed by atoms with Crippen molar-refractivity contribution in [1.82, 2.24) is 0 Å². The van der Waals surface area contributed by atoms with Crippen molar-refractivity contribution in [2.24, 2.45) is 0 Å². The van der Waals surface area contributed by atoms with Crippen LogP contribution < -0.4 is 0 Å². The molecule has 0 saturated heterocycles. The van der Waals surface area contributed by atoms with E-state index in [1.165, 1.54) is 0 Å². The summed E-state index contributed by atoms with van der Waals surface area (Å²) in [5, 5.41) is 0. The van der Waals surface area contributed by atoms with E-state index in [1.54, 1.807) is 7.11 Å². The van der Waals surface area contributed by atoms with E-state index >= 15 is 0 Å². The molecule has 0 N–H and O–H groups in total. The van der Waals surface area contributed by atoms with E-state index in [-0.39, 0.29) is 5.97 Å². The Morgan fingerprint density at radius 1 is 1.19 bits per heavy atom. The number of allylic oxidation sites excluding steroid dienone is 1. The quantitative estimate of drug-likeness (QED) is 0.327.